The average Bonchev–Trinajstić information content (AvgIpc) is 2.27. The molecular weight excluding hydrogens is 282 g/mol. The molecule has 0 aliphatic rings. The van der Waals surface area contributed by atoms with Gasteiger partial charge in [0.2, 0.25) is 0 Å². The van der Waals surface area contributed by atoms with E-state index in [-0.39, 0.29) is 5.82 Å². The van der Waals surface area contributed by atoms with Gasteiger partial charge in [-0.1, -0.05) is 46.9 Å². The summed E-state index contributed by atoms with van der Waals surface area (Å²) >= 11 is 17.8. The summed E-state index contributed by atoms with van der Waals surface area (Å²) in [5.41, 5.74) is 1.93. The lowest BCUT2D eigenvalue weighted by Crippen LogP contribution is -1.86. The van der Waals surface area contributed by atoms with Gasteiger partial charge in [0.1, 0.15) is 5.82 Å². The van der Waals surface area contributed by atoms with E-state index >= 15 is 0 Å². The first kappa shape index (κ1) is 12.7. The number of benzene rings is 2. The van der Waals surface area contributed by atoms with Gasteiger partial charge in [-0.25, -0.2) is 4.39 Å². The molecule has 0 amide bonds. The van der Waals surface area contributed by atoms with E-state index in [0.29, 0.717) is 31.8 Å². The lowest BCUT2D eigenvalue weighted by molar-refractivity contribution is 0.619. The average molecular weight is 290 g/mol. The molecule has 0 radical (unpaired) electrons. The molecule has 0 aromatic heterocycles. The Morgan fingerprint density at radius 1 is 0.882 bits per heavy atom. The third-order valence-corrected chi connectivity index (χ3v) is 3.53. The summed E-state index contributed by atoms with van der Waals surface area (Å²) in [5.74, 6) is -0.273. The SMILES string of the molecule is Cc1ccc(-c2cc(Cl)c(Cl)cc2Cl)cc1F. The minimum Gasteiger partial charge on any atom is -0.207 e. The Bertz CT molecular complexity index is 579. The van der Waals surface area contributed by atoms with E-state index < -0.39 is 0 Å². The van der Waals surface area contributed by atoms with Crippen LogP contribution in [0.1, 0.15) is 5.56 Å². The van der Waals surface area contributed by atoms with E-state index in [1.54, 1.807) is 31.2 Å². The highest BCUT2D eigenvalue weighted by Crippen LogP contribution is 2.35. The normalized spacial score (nSPS) is 10.6. The van der Waals surface area contributed by atoms with Crippen LogP contribution in [0.4, 0.5) is 4.39 Å². The van der Waals surface area contributed by atoms with Gasteiger partial charge in [0.15, 0.2) is 0 Å². The number of rotatable bonds is 1. The van der Waals surface area contributed by atoms with Gasteiger partial charge in [0.05, 0.1) is 10.0 Å². The molecule has 2 aromatic carbocycles. The summed E-state index contributed by atoms with van der Waals surface area (Å²) in [6, 6.07) is 8.11. The molecule has 0 atom stereocenters. The summed E-state index contributed by atoms with van der Waals surface area (Å²) in [6.07, 6.45) is 0. The molecule has 2 aromatic rings. The van der Waals surface area contributed by atoms with Gasteiger partial charge >= 0.3 is 0 Å². The smallest absolute Gasteiger partial charge is 0.126 e. The molecule has 0 unspecified atom stereocenters. The van der Waals surface area contributed by atoms with Gasteiger partial charge in [-0.05, 0) is 36.2 Å². The molecule has 0 saturated carbocycles. The first-order valence-electron chi connectivity index (χ1n) is 4.90. The molecule has 4 heteroatoms. The minimum atomic E-state index is -0.273. The minimum absolute atomic E-state index is 0.273. The van der Waals surface area contributed by atoms with Crippen molar-refractivity contribution in [1.29, 1.82) is 0 Å². The predicted molar refractivity (Wildman–Crippen MR) is 71.6 cm³/mol. The van der Waals surface area contributed by atoms with Crippen LogP contribution in [0, 0.1) is 12.7 Å². The lowest BCUT2D eigenvalue weighted by Gasteiger charge is -2.07. The number of hydrogen-bond acceptors (Lipinski definition) is 0. The maximum atomic E-state index is 13.5. The molecule has 0 saturated heterocycles. The van der Waals surface area contributed by atoms with Crippen LogP contribution >= 0.6 is 34.8 Å². The fourth-order valence-electron chi connectivity index (χ4n) is 1.50. The van der Waals surface area contributed by atoms with Gasteiger partial charge < -0.3 is 0 Å². The predicted octanol–water partition coefficient (Wildman–Crippen LogP) is 5.76. The van der Waals surface area contributed by atoms with Crippen molar-refractivity contribution in [1.82, 2.24) is 0 Å². The van der Waals surface area contributed by atoms with Crippen molar-refractivity contribution in [2.75, 3.05) is 0 Å². The van der Waals surface area contributed by atoms with Gasteiger partial charge in [-0.15, -0.1) is 0 Å². The zero-order valence-corrected chi connectivity index (χ0v) is 11.2. The molecule has 0 heterocycles. The standard InChI is InChI=1S/C13H8Cl3F/c1-7-2-3-8(4-13(7)17)9-5-11(15)12(16)6-10(9)14/h2-6H,1H3. The lowest BCUT2D eigenvalue weighted by atomic mass is 10.0. The van der Waals surface area contributed by atoms with Gasteiger partial charge in [-0.2, -0.15) is 0 Å². The molecule has 17 heavy (non-hydrogen) atoms. The van der Waals surface area contributed by atoms with Crippen molar-refractivity contribution >= 4 is 34.8 Å². The van der Waals surface area contributed by atoms with E-state index in [1.807, 2.05) is 0 Å². The summed E-state index contributed by atoms with van der Waals surface area (Å²) < 4.78 is 13.5. The van der Waals surface area contributed by atoms with Gasteiger partial charge in [0.25, 0.3) is 0 Å². The van der Waals surface area contributed by atoms with Gasteiger partial charge in [0, 0.05) is 10.6 Å². The summed E-state index contributed by atoms with van der Waals surface area (Å²) in [5, 5.41) is 1.22. The van der Waals surface area contributed by atoms with Crippen molar-refractivity contribution in [2.24, 2.45) is 0 Å². The number of halogens is 4. The van der Waals surface area contributed by atoms with Crippen LogP contribution in [0.15, 0.2) is 30.3 Å². The molecule has 0 N–H and O–H groups in total. The molecule has 0 nitrogen and oxygen atoms in total. The van der Waals surface area contributed by atoms with Crippen LogP contribution in [0.3, 0.4) is 0 Å². The van der Waals surface area contributed by atoms with Crippen molar-refractivity contribution in [3.8, 4) is 11.1 Å². The summed E-state index contributed by atoms with van der Waals surface area (Å²) in [4.78, 5) is 0. The fraction of sp³-hybridized carbons (Fsp3) is 0.0769. The largest absolute Gasteiger partial charge is 0.207 e. The van der Waals surface area contributed by atoms with E-state index in [2.05, 4.69) is 0 Å². The Morgan fingerprint density at radius 2 is 1.53 bits per heavy atom. The van der Waals surface area contributed by atoms with Crippen molar-refractivity contribution in [2.45, 2.75) is 6.92 Å². The van der Waals surface area contributed by atoms with Gasteiger partial charge in [-0.3, -0.25) is 0 Å². The summed E-state index contributed by atoms with van der Waals surface area (Å²) in [7, 11) is 0. The first-order valence-corrected chi connectivity index (χ1v) is 6.03. The van der Waals surface area contributed by atoms with Crippen LogP contribution in [0.2, 0.25) is 15.1 Å². The highest BCUT2D eigenvalue weighted by Gasteiger charge is 2.09. The third kappa shape index (κ3) is 2.57. The molecule has 0 bridgehead atoms. The Hall–Kier alpha value is -0.760. The summed E-state index contributed by atoms with van der Waals surface area (Å²) in [6.45, 7) is 1.70. The van der Waals surface area contributed by atoms with E-state index in [4.69, 9.17) is 34.8 Å². The van der Waals surface area contributed by atoms with Crippen LogP contribution in [-0.2, 0) is 0 Å². The van der Waals surface area contributed by atoms with Crippen molar-refractivity contribution in [3.63, 3.8) is 0 Å². The second-order valence-electron chi connectivity index (χ2n) is 3.71. The molecule has 88 valence electrons. The van der Waals surface area contributed by atoms with E-state index in [1.165, 1.54) is 6.07 Å². The Kier molecular flexibility index (Phi) is 3.62. The second kappa shape index (κ2) is 4.85. The second-order valence-corrected chi connectivity index (χ2v) is 4.93. The maximum absolute atomic E-state index is 13.5. The van der Waals surface area contributed by atoms with Crippen molar-refractivity contribution < 1.29 is 4.39 Å². The molecule has 2 rings (SSSR count). The Morgan fingerprint density at radius 3 is 2.18 bits per heavy atom. The van der Waals surface area contributed by atoms with Crippen LogP contribution in [-0.4, -0.2) is 0 Å². The molecule has 0 spiro atoms. The zero-order chi connectivity index (χ0) is 12.6. The molecule has 0 fully saturated rings. The molecular formula is C13H8Cl3F. The fourth-order valence-corrected chi connectivity index (χ4v) is 2.16. The molecule has 0 aliphatic carbocycles. The topological polar surface area (TPSA) is 0 Å². The Balaban J connectivity index is 2.60. The first-order chi connectivity index (χ1) is 7.99. The van der Waals surface area contributed by atoms with E-state index in [9.17, 15) is 4.39 Å². The highest BCUT2D eigenvalue weighted by molar-refractivity contribution is 6.44. The maximum Gasteiger partial charge on any atom is 0.126 e. The molecule has 0 aliphatic heterocycles. The van der Waals surface area contributed by atoms with Crippen LogP contribution in [0.5, 0.6) is 0 Å². The van der Waals surface area contributed by atoms with Crippen LogP contribution in [0.25, 0.3) is 11.1 Å². The highest BCUT2D eigenvalue weighted by atomic mass is 35.5. The number of hydrogen-bond donors (Lipinski definition) is 0. The monoisotopic (exact) mass is 288 g/mol. The zero-order valence-electron chi connectivity index (χ0n) is 8.90. The van der Waals surface area contributed by atoms with Crippen LogP contribution < -0.4 is 0 Å². The number of aryl methyl sites for hydroxylation is 1. The van der Waals surface area contributed by atoms with E-state index in [0.717, 1.165) is 0 Å². The quantitative estimate of drug-likeness (QED) is 0.585. The Labute approximate surface area is 114 Å². The third-order valence-electron chi connectivity index (χ3n) is 2.49. The van der Waals surface area contributed by atoms with Crippen molar-refractivity contribution in [3.05, 3.63) is 56.8 Å².